The van der Waals surface area contributed by atoms with Gasteiger partial charge in [0.2, 0.25) is 0 Å². The van der Waals surface area contributed by atoms with Crippen LogP contribution in [0.15, 0.2) is 91.0 Å². The highest BCUT2D eigenvalue weighted by Crippen LogP contribution is 2.24. The van der Waals surface area contributed by atoms with Crippen LogP contribution in [-0.4, -0.2) is 6.61 Å². The van der Waals surface area contributed by atoms with Gasteiger partial charge in [-0.05, 0) is 90.7 Å². The van der Waals surface area contributed by atoms with E-state index in [4.69, 9.17) is 39.1 Å². The van der Waals surface area contributed by atoms with Crippen LogP contribution in [-0.2, 0) is 6.42 Å². The number of hydrogen-bond acceptors (Lipinski definition) is 7. The van der Waals surface area contributed by atoms with Gasteiger partial charge in [-0.2, -0.15) is 0 Å². The number of rotatable bonds is 20. The van der Waals surface area contributed by atoms with Crippen LogP contribution in [0.5, 0.6) is 5.75 Å². The number of hydrogen-bond donors (Lipinski definition) is 6. The van der Waals surface area contributed by atoms with Crippen molar-refractivity contribution in [2.75, 3.05) is 41.0 Å². The van der Waals surface area contributed by atoms with Crippen molar-refractivity contribution < 1.29 is 4.74 Å². The monoisotopic (exact) mass is 683 g/mol. The van der Waals surface area contributed by atoms with Crippen LogP contribution in [0.4, 0.5) is 34.1 Å². The molecule has 0 bridgehead atoms. The third-order valence-corrected chi connectivity index (χ3v) is 8.59. The van der Waals surface area contributed by atoms with E-state index in [-0.39, 0.29) is 0 Å². The summed E-state index contributed by atoms with van der Waals surface area (Å²) < 4.78 is 5.73. The molecule has 0 radical (unpaired) electrons. The maximum absolute atomic E-state index is 5.89. The normalized spacial score (nSPS) is 10.4. The third kappa shape index (κ3) is 20.8. The first kappa shape index (κ1) is 41.7. The highest BCUT2D eigenvalue weighted by atomic mass is 16.5. The summed E-state index contributed by atoms with van der Waals surface area (Å²) in [4.78, 5) is 0. The predicted molar refractivity (Wildman–Crippen MR) is 220 cm³/mol. The molecule has 4 aromatic rings. The summed E-state index contributed by atoms with van der Waals surface area (Å²) >= 11 is 0. The van der Waals surface area contributed by atoms with E-state index in [1.165, 1.54) is 107 Å². The Hall–Kier alpha value is -4.52. The second-order valence-electron chi connectivity index (χ2n) is 13.3. The van der Waals surface area contributed by atoms with Crippen molar-refractivity contribution in [3.05, 3.63) is 102 Å². The van der Waals surface area contributed by atoms with Gasteiger partial charge >= 0.3 is 0 Å². The Kier molecular flexibility index (Phi) is 22.0. The van der Waals surface area contributed by atoms with Crippen molar-refractivity contribution in [2.45, 2.75) is 116 Å². The van der Waals surface area contributed by atoms with E-state index in [1.54, 1.807) is 30.3 Å². The maximum atomic E-state index is 5.89. The SMILES string of the molecule is CCCCCCCCCCCCCCCCCCOc1ccc(N)cc1N.Nc1ccc(Cc2ccc(N)cc2)cc1.Nc1ccc(N)cc1. The molecule has 0 unspecified atom stereocenters. The number of nitrogen functional groups attached to an aromatic ring is 6. The molecule has 0 aliphatic rings. The Balaban J connectivity index is 0.000000310. The van der Waals surface area contributed by atoms with E-state index < -0.39 is 0 Å². The number of ether oxygens (including phenoxy) is 1. The molecule has 0 saturated carbocycles. The first-order valence-electron chi connectivity index (χ1n) is 18.8. The average Bonchev–Trinajstić information content (AvgIpc) is 3.11. The van der Waals surface area contributed by atoms with Crippen molar-refractivity contribution in [3.63, 3.8) is 0 Å². The average molecular weight is 683 g/mol. The molecule has 0 amide bonds. The van der Waals surface area contributed by atoms with Crippen molar-refractivity contribution in [2.24, 2.45) is 0 Å². The van der Waals surface area contributed by atoms with Crippen LogP contribution in [0.3, 0.4) is 0 Å². The van der Waals surface area contributed by atoms with Gasteiger partial charge in [0, 0.05) is 28.4 Å². The van der Waals surface area contributed by atoms with Gasteiger partial charge in [0.1, 0.15) is 5.75 Å². The molecule has 0 saturated heterocycles. The Labute approximate surface area is 303 Å². The van der Waals surface area contributed by atoms with Crippen LogP contribution in [0, 0.1) is 0 Å². The molecule has 50 heavy (non-hydrogen) atoms. The Morgan fingerprint density at radius 3 is 1.06 bits per heavy atom. The molecule has 0 aliphatic heterocycles. The lowest BCUT2D eigenvalue weighted by Crippen LogP contribution is -2.01. The zero-order valence-electron chi connectivity index (χ0n) is 30.8. The van der Waals surface area contributed by atoms with E-state index in [9.17, 15) is 0 Å². The minimum absolute atomic E-state index is 0.631. The molecule has 4 rings (SSSR count). The highest BCUT2D eigenvalue weighted by Gasteiger charge is 2.01. The molecule has 7 heteroatoms. The lowest BCUT2D eigenvalue weighted by molar-refractivity contribution is 0.306. The van der Waals surface area contributed by atoms with Crippen LogP contribution >= 0.6 is 0 Å². The minimum atomic E-state index is 0.631. The summed E-state index contributed by atoms with van der Waals surface area (Å²) in [6.07, 6.45) is 23.1. The lowest BCUT2D eigenvalue weighted by Gasteiger charge is -2.09. The molecular weight excluding hydrogens is 617 g/mol. The number of anilines is 6. The van der Waals surface area contributed by atoms with Gasteiger partial charge in [-0.1, -0.05) is 128 Å². The second kappa shape index (κ2) is 26.4. The van der Waals surface area contributed by atoms with Gasteiger partial charge in [-0.15, -0.1) is 0 Å². The zero-order chi connectivity index (χ0) is 36.2. The van der Waals surface area contributed by atoms with Crippen LogP contribution in [0.1, 0.15) is 121 Å². The smallest absolute Gasteiger partial charge is 0.142 e. The van der Waals surface area contributed by atoms with Crippen molar-refractivity contribution in [1.29, 1.82) is 0 Å². The van der Waals surface area contributed by atoms with Gasteiger partial charge in [-0.3, -0.25) is 0 Å². The molecule has 12 N–H and O–H groups in total. The molecule has 0 fully saturated rings. The minimum Gasteiger partial charge on any atom is -0.491 e. The first-order valence-corrected chi connectivity index (χ1v) is 18.8. The van der Waals surface area contributed by atoms with E-state index in [1.807, 2.05) is 60.7 Å². The van der Waals surface area contributed by atoms with Crippen molar-refractivity contribution in [1.82, 2.24) is 0 Å². The zero-order valence-corrected chi connectivity index (χ0v) is 30.8. The Morgan fingerprint density at radius 1 is 0.380 bits per heavy atom. The van der Waals surface area contributed by atoms with E-state index in [2.05, 4.69) is 6.92 Å². The van der Waals surface area contributed by atoms with Crippen LogP contribution < -0.4 is 39.1 Å². The third-order valence-electron chi connectivity index (χ3n) is 8.59. The molecule has 0 atom stereocenters. The fraction of sp³-hybridized carbons (Fsp3) is 0.442. The maximum Gasteiger partial charge on any atom is 0.142 e. The topological polar surface area (TPSA) is 165 Å². The molecule has 0 spiro atoms. The molecular formula is C43H66N6O. The first-order chi connectivity index (χ1) is 24.3. The Bertz CT molecular complexity index is 1330. The van der Waals surface area contributed by atoms with Crippen LogP contribution in [0.25, 0.3) is 0 Å². The lowest BCUT2D eigenvalue weighted by atomic mass is 10.0. The fourth-order valence-electron chi connectivity index (χ4n) is 5.53. The van der Waals surface area contributed by atoms with E-state index in [0.717, 1.165) is 47.9 Å². The summed E-state index contributed by atoms with van der Waals surface area (Å²) in [7, 11) is 0. The summed E-state index contributed by atoms with van der Waals surface area (Å²) in [6, 6.07) is 28.4. The van der Waals surface area contributed by atoms with Gasteiger partial charge in [0.05, 0.1) is 12.3 Å². The molecule has 274 valence electrons. The number of nitrogens with two attached hydrogens (primary N) is 6. The quantitative estimate of drug-likeness (QED) is 0.0398. The standard InChI is InChI=1S/C24H44N2O.C13H14N2.C6H8N2/c1-2-3-4-5-6-7-8-9-10-11-12-13-14-15-16-17-20-27-24-19-18-22(25)21-23(24)26;14-12-5-1-10(2-6-12)9-11-3-7-13(15)8-4-11;7-5-1-2-6(8)4-3-5/h18-19,21H,2-17,20,25-26H2,1H3;1-8H,9,14-15H2;1-4H,7-8H2. The van der Waals surface area contributed by atoms with Gasteiger partial charge < -0.3 is 39.1 Å². The molecule has 0 heterocycles. The molecule has 0 aliphatic carbocycles. The molecule has 4 aromatic carbocycles. The number of benzene rings is 4. The Morgan fingerprint density at radius 2 is 0.700 bits per heavy atom. The van der Waals surface area contributed by atoms with Crippen LogP contribution in [0.2, 0.25) is 0 Å². The largest absolute Gasteiger partial charge is 0.491 e. The second-order valence-corrected chi connectivity index (χ2v) is 13.3. The van der Waals surface area contributed by atoms with Gasteiger partial charge in [0.15, 0.2) is 0 Å². The fourth-order valence-corrected chi connectivity index (χ4v) is 5.53. The summed E-state index contributed by atoms with van der Waals surface area (Å²) in [5.74, 6) is 0.755. The van der Waals surface area contributed by atoms with Gasteiger partial charge in [0.25, 0.3) is 0 Å². The predicted octanol–water partition coefficient (Wildman–Crippen LogP) is 10.8. The summed E-state index contributed by atoms with van der Waals surface area (Å²) in [6.45, 7) is 3.03. The number of unbranched alkanes of at least 4 members (excludes halogenated alkanes) is 15. The van der Waals surface area contributed by atoms with Crippen molar-refractivity contribution in [3.8, 4) is 5.75 Å². The summed E-state index contributed by atoms with van der Waals surface area (Å²) in [5.41, 5.74) is 40.5. The molecule has 7 nitrogen and oxygen atoms in total. The van der Waals surface area contributed by atoms with E-state index >= 15 is 0 Å². The summed E-state index contributed by atoms with van der Waals surface area (Å²) in [5, 5.41) is 0. The van der Waals surface area contributed by atoms with Gasteiger partial charge in [-0.25, -0.2) is 0 Å². The van der Waals surface area contributed by atoms with Crippen molar-refractivity contribution >= 4 is 34.1 Å². The molecule has 0 aromatic heterocycles. The van der Waals surface area contributed by atoms with E-state index in [0.29, 0.717) is 11.4 Å². The highest BCUT2D eigenvalue weighted by molar-refractivity contribution is 5.60.